The molecule has 0 saturated carbocycles. The Morgan fingerprint density at radius 2 is 2.55 bits per heavy atom. The third-order valence-corrected chi connectivity index (χ3v) is 1.70. The minimum absolute atomic E-state index is 0.0873. The molecular formula is C6H9NO3S. The molecule has 0 unspecified atom stereocenters. The lowest BCUT2D eigenvalue weighted by molar-refractivity contribution is 0.0535. The van der Waals surface area contributed by atoms with E-state index < -0.39 is 6.10 Å². The molecule has 0 bridgehead atoms. The zero-order valence-corrected chi connectivity index (χ0v) is 6.62. The summed E-state index contributed by atoms with van der Waals surface area (Å²) in [5, 5.41) is 19.6. The molecule has 1 aromatic rings. The highest BCUT2D eigenvalue weighted by molar-refractivity contribution is 7.11. The van der Waals surface area contributed by atoms with Gasteiger partial charge in [-0.25, -0.2) is 4.98 Å². The Bertz CT molecular complexity index is 190. The first-order chi connectivity index (χ1) is 5.33. The lowest BCUT2D eigenvalue weighted by Crippen LogP contribution is -2.21. The van der Waals surface area contributed by atoms with E-state index in [1.54, 1.807) is 11.6 Å². The van der Waals surface area contributed by atoms with Crippen molar-refractivity contribution in [3.05, 3.63) is 11.6 Å². The smallest absolute Gasteiger partial charge is 0.273 e. The molecule has 0 aromatic carbocycles. The minimum atomic E-state index is -0.820. The summed E-state index contributed by atoms with van der Waals surface area (Å²) in [6.45, 7) is -0.199. The molecule has 1 rings (SSSR count). The van der Waals surface area contributed by atoms with Crippen LogP contribution in [-0.4, -0.2) is 34.5 Å². The van der Waals surface area contributed by atoms with E-state index in [2.05, 4.69) is 4.98 Å². The topological polar surface area (TPSA) is 62.6 Å². The van der Waals surface area contributed by atoms with Gasteiger partial charge < -0.3 is 14.9 Å². The van der Waals surface area contributed by atoms with E-state index in [0.29, 0.717) is 5.19 Å². The summed E-state index contributed by atoms with van der Waals surface area (Å²) in [4.78, 5) is 3.83. The van der Waals surface area contributed by atoms with Crippen LogP contribution in [0.15, 0.2) is 11.6 Å². The fourth-order valence-corrected chi connectivity index (χ4v) is 0.998. The van der Waals surface area contributed by atoms with E-state index in [1.165, 1.54) is 11.3 Å². The van der Waals surface area contributed by atoms with E-state index in [0.717, 1.165) is 0 Å². The Morgan fingerprint density at radius 3 is 3.09 bits per heavy atom. The predicted molar refractivity (Wildman–Crippen MR) is 40.7 cm³/mol. The van der Waals surface area contributed by atoms with Crippen molar-refractivity contribution < 1.29 is 14.9 Å². The maximum absolute atomic E-state index is 8.86. The van der Waals surface area contributed by atoms with Crippen LogP contribution in [0.5, 0.6) is 5.19 Å². The van der Waals surface area contributed by atoms with Crippen LogP contribution in [0.4, 0.5) is 0 Å². The molecule has 0 radical (unpaired) electrons. The predicted octanol–water partition coefficient (Wildman–Crippen LogP) is -0.125. The summed E-state index contributed by atoms with van der Waals surface area (Å²) in [6.07, 6.45) is 0.796. The summed E-state index contributed by atoms with van der Waals surface area (Å²) >= 11 is 1.35. The second kappa shape index (κ2) is 4.27. The van der Waals surface area contributed by atoms with Gasteiger partial charge in [0.2, 0.25) is 0 Å². The molecule has 0 amide bonds. The fourth-order valence-electron chi connectivity index (χ4n) is 0.502. The lowest BCUT2D eigenvalue weighted by atomic mass is 10.4. The van der Waals surface area contributed by atoms with Crippen LogP contribution >= 0.6 is 11.3 Å². The van der Waals surface area contributed by atoms with E-state index >= 15 is 0 Å². The summed E-state index contributed by atoms with van der Waals surface area (Å²) in [5.41, 5.74) is 0. The van der Waals surface area contributed by atoms with Crippen LogP contribution in [0, 0.1) is 0 Å². The van der Waals surface area contributed by atoms with Crippen LogP contribution in [0.3, 0.4) is 0 Å². The van der Waals surface area contributed by atoms with Crippen molar-refractivity contribution in [3.63, 3.8) is 0 Å². The molecule has 0 aliphatic heterocycles. The van der Waals surface area contributed by atoms with Crippen molar-refractivity contribution >= 4 is 11.3 Å². The number of hydrogen-bond donors (Lipinski definition) is 2. The Hall–Kier alpha value is -0.650. The molecule has 1 atom stereocenters. The molecule has 1 heterocycles. The molecule has 1 aromatic heterocycles. The van der Waals surface area contributed by atoms with Gasteiger partial charge in [0.15, 0.2) is 0 Å². The van der Waals surface area contributed by atoms with Crippen LogP contribution in [0.2, 0.25) is 0 Å². The highest BCUT2D eigenvalue weighted by Crippen LogP contribution is 2.13. The number of hydrogen-bond acceptors (Lipinski definition) is 5. The molecular weight excluding hydrogens is 166 g/mol. The lowest BCUT2D eigenvalue weighted by Gasteiger charge is -2.05. The number of aliphatic hydroxyl groups excluding tert-OH is 2. The Morgan fingerprint density at radius 1 is 1.73 bits per heavy atom. The normalized spacial score (nSPS) is 12.9. The Kier molecular flexibility index (Phi) is 3.28. The fraction of sp³-hybridized carbons (Fsp3) is 0.500. The molecule has 0 aliphatic rings. The van der Waals surface area contributed by atoms with Gasteiger partial charge in [0.05, 0.1) is 6.61 Å². The molecule has 0 fully saturated rings. The zero-order valence-electron chi connectivity index (χ0n) is 5.80. The van der Waals surface area contributed by atoms with Gasteiger partial charge in [-0.2, -0.15) is 0 Å². The third-order valence-electron chi connectivity index (χ3n) is 1.02. The SMILES string of the molecule is OC[C@H](O)COc1nccs1. The molecule has 5 heteroatoms. The average molecular weight is 175 g/mol. The average Bonchev–Trinajstić information content (AvgIpc) is 2.52. The quantitative estimate of drug-likeness (QED) is 0.669. The number of aromatic nitrogens is 1. The first kappa shape index (κ1) is 8.45. The van der Waals surface area contributed by atoms with Crippen LogP contribution in [-0.2, 0) is 0 Å². The molecule has 0 aliphatic carbocycles. The van der Waals surface area contributed by atoms with Gasteiger partial charge in [0.25, 0.3) is 5.19 Å². The molecule has 62 valence electrons. The van der Waals surface area contributed by atoms with Crippen LogP contribution in [0.25, 0.3) is 0 Å². The highest BCUT2D eigenvalue weighted by atomic mass is 32.1. The molecule has 2 N–H and O–H groups in total. The van der Waals surface area contributed by atoms with Crippen LogP contribution < -0.4 is 4.74 Å². The van der Waals surface area contributed by atoms with Crippen molar-refractivity contribution in [2.45, 2.75) is 6.10 Å². The Labute approximate surface area is 68.1 Å². The molecule has 0 spiro atoms. The summed E-state index contributed by atoms with van der Waals surface area (Å²) in [6, 6.07) is 0. The number of ether oxygens (including phenoxy) is 1. The summed E-state index contributed by atoms with van der Waals surface area (Å²) < 4.78 is 5.00. The van der Waals surface area contributed by atoms with Gasteiger partial charge in [-0.3, -0.25) is 0 Å². The van der Waals surface area contributed by atoms with Crippen molar-refractivity contribution in [1.29, 1.82) is 0 Å². The van der Waals surface area contributed by atoms with Gasteiger partial charge >= 0.3 is 0 Å². The number of aliphatic hydroxyl groups is 2. The number of thiazole rings is 1. The van der Waals surface area contributed by atoms with Gasteiger partial charge in [-0.05, 0) is 0 Å². The monoisotopic (exact) mass is 175 g/mol. The zero-order chi connectivity index (χ0) is 8.10. The second-order valence-corrected chi connectivity index (χ2v) is 2.80. The first-order valence-electron chi connectivity index (χ1n) is 3.14. The van der Waals surface area contributed by atoms with Gasteiger partial charge in [0, 0.05) is 11.6 Å². The van der Waals surface area contributed by atoms with Crippen molar-refractivity contribution in [2.24, 2.45) is 0 Å². The van der Waals surface area contributed by atoms with Gasteiger partial charge in [-0.15, -0.1) is 0 Å². The standard InChI is InChI=1S/C6H9NO3S/c8-3-5(9)4-10-6-7-1-2-11-6/h1-2,5,8-9H,3-4H2/t5-/m0/s1. The molecule has 11 heavy (non-hydrogen) atoms. The van der Waals surface area contributed by atoms with Crippen molar-refractivity contribution in [3.8, 4) is 5.19 Å². The summed E-state index contributed by atoms with van der Waals surface area (Å²) in [5.74, 6) is 0. The van der Waals surface area contributed by atoms with E-state index in [4.69, 9.17) is 14.9 Å². The second-order valence-electron chi connectivity index (χ2n) is 1.95. The number of nitrogens with zero attached hydrogens (tertiary/aromatic N) is 1. The van der Waals surface area contributed by atoms with Crippen molar-refractivity contribution in [2.75, 3.05) is 13.2 Å². The molecule has 0 saturated heterocycles. The van der Waals surface area contributed by atoms with E-state index in [9.17, 15) is 0 Å². The van der Waals surface area contributed by atoms with E-state index in [1.807, 2.05) is 0 Å². The number of rotatable bonds is 4. The highest BCUT2D eigenvalue weighted by Gasteiger charge is 2.03. The van der Waals surface area contributed by atoms with Crippen molar-refractivity contribution in [1.82, 2.24) is 4.98 Å². The largest absolute Gasteiger partial charge is 0.467 e. The maximum atomic E-state index is 8.86. The first-order valence-corrected chi connectivity index (χ1v) is 4.02. The van der Waals surface area contributed by atoms with Crippen LogP contribution in [0.1, 0.15) is 0 Å². The third kappa shape index (κ3) is 2.83. The van der Waals surface area contributed by atoms with Gasteiger partial charge in [-0.1, -0.05) is 11.3 Å². The maximum Gasteiger partial charge on any atom is 0.273 e. The minimum Gasteiger partial charge on any atom is -0.467 e. The summed E-state index contributed by atoms with van der Waals surface area (Å²) in [7, 11) is 0. The van der Waals surface area contributed by atoms with Gasteiger partial charge in [0.1, 0.15) is 12.7 Å². The molecule has 4 nitrogen and oxygen atoms in total. The Balaban J connectivity index is 2.23. The van der Waals surface area contributed by atoms with E-state index in [-0.39, 0.29) is 13.2 Å².